The first-order chi connectivity index (χ1) is 25.7. The second-order valence-corrected chi connectivity index (χ2v) is 14.9. The molecule has 6 nitrogen and oxygen atoms in total. The molecular formula is C46H51N5O. The summed E-state index contributed by atoms with van der Waals surface area (Å²) >= 11 is 0. The summed E-state index contributed by atoms with van der Waals surface area (Å²) in [6.07, 6.45) is 7.50. The van der Waals surface area contributed by atoms with Crippen molar-refractivity contribution >= 4 is 21.5 Å². The second kappa shape index (κ2) is 16.4. The van der Waals surface area contributed by atoms with Crippen molar-refractivity contribution in [2.45, 2.75) is 63.6 Å². The Hall–Kier alpha value is -4.62. The monoisotopic (exact) mass is 689 g/mol. The van der Waals surface area contributed by atoms with Crippen LogP contribution >= 0.6 is 0 Å². The predicted molar refractivity (Wildman–Crippen MR) is 214 cm³/mol. The molecule has 52 heavy (non-hydrogen) atoms. The van der Waals surface area contributed by atoms with Crippen molar-refractivity contribution in [2.24, 2.45) is 0 Å². The molecular weight excluding hydrogens is 639 g/mol. The summed E-state index contributed by atoms with van der Waals surface area (Å²) < 4.78 is 1.83. The lowest BCUT2D eigenvalue weighted by atomic mass is 9.86. The molecule has 0 radical (unpaired) electrons. The van der Waals surface area contributed by atoms with E-state index in [1.54, 1.807) is 11.9 Å². The van der Waals surface area contributed by atoms with Crippen LogP contribution in [0.25, 0.3) is 21.5 Å². The van der Waals surface area contributed by atoms with Crippen LogP contribution in [0, 0.1) is 0 Å². The summed E-state index contributed by atoms with van der Waals surface area (Å²) in [5.74, 6) is 1.35. The molecule has 0 unspecified atom stereocenters. The Balaban J connectivity index is 0.000000201. The Morgan fingerprint density at radius 3 is 1.88 bits per heavy atom. The van der Waals surface area contributed by atoms with Gasteiger partial charge >= 0.3 is 0 Å². The summed E-state index contributed by atoms with van der Waals surface area (Å²) in [6, 6.07) is 41.4. The third-order valence-corrected chi connectivity index (χ3v) is 11.6. The van der Waals surface area contributed by atoms with Gasteiger partial charge in [0.15, 0.2) is 0 Å². The third kappa shape index (κ3) is 7.90. The van der Waals surface area contributed by atoms with Crippen molar-refractivity contribution in [3.05, 3.63) is 160 Å². The van der Waals surface area contributed by atoms with Crippen LogP contribution in [-0.4, -0.2) is 58.6 Å². The van der Waals surface area contributed by atoms with E-state index in [1.165, 1.54) is 58.4 Å². The molecule has 2 fully saturated rings. The molecule has 0 atom stereocenters. The van der Waals surface area contributed by atoms with Crippen LogP contribution < -0.4 is 10.9 Å². The van der Waals surface area contributed by atoms with Crippen LogP contribution in [0.2, 0.25) is 0 Å². The number of benzene rings is 5. The first-order valence-electron chi connectivity index (χ1n) is 19.4. The van der Waals surface area contributed by atoms with E-state index in [4.69, 9.17) is 0 Å². The fraction of sp³-hybridized carbons (Fsp3) is 0.348. The maximum Gasteiger partial charge on any atom is 0.258 e. The van der Waals surface area contributed by atoms with Crippen LogP contribution in [0.4, 0.5) is 0 Å². The highest BCUT2D eigenvalue weighted by Crippen LogP contribution is 2.33. The van der Waals surface area contributed by atoms with E-state index in [0.717, 1.165) is 69.4 Å². The Morgan fingerprint density at radius 2 is 1.21 bits per heavy atom. The largest absolute Gasteiger partial charge is 0.317 e. The van der Waals surface area contributed by atoms with E-state index < -0.39 is 0 Å². The van der Waals surface area contributed by atoms with Crippen molar-refractivity contribution in [2.75, 3.05) is 39.3 Å². The van der Waals surface area contributed by atoms with Gasteiger partial charge in [-0.3, -0.25) is 14.3 Å². The second-order valence-electron chi connectivity index (χ2n) is 14.9. The van der Waals surface area contributed by atoms with E-state index in [-0.39, 0.29) is 5.56 Å². The first-order valence-corrected chi connectivity index (χ1v) is 19.4. The Morgan fingerprint density at radius 1 is 0.615 bits per heavy atom. The number of likely N-dealkylation sites (tertiary alicyclic amines) is 1. The van der Waals surface area contributed by atoms with E-state index in [2.05, 4.69) is 129 Å². The van der Waals surface area contributed by atoms with Crippen LogP contribution in [0.15, 0.2) is 126 Å². The quantitative estimate of drug-likeness (QED) is 0.184. The molecule has 0 amide bonds. The summed E-state index contributed by atoms with van der Waals surface area (Å²) in [5.41, 5.74) is 6.33. The molecule has 9 rings (SSSR count). The molecule has 0 bridgehead atoms. The summed E-state index contributed by atoms with van der Waals surface area (Å²) in [4.78, 5) is 22.9. The average molecular weight is 690 g/mol. The number of rotatable bonds is 7. The molecule has 3 aliphatic heterocycles. The molecule has 3 aliphatic rings. The van der Waals surface area contributed by atoms with Crippen molar-refractivity contribution in [3.8, 4) is 0 Å². The van der Waals surface area contributed by atoms with Gasteiger partial charge in [0, 0.05) is 39.1 Å². The Bertz CT molecular complexity index is 2140. The Kier molecular flexibility index (Phi) is 10.9. The third-order valence-electron chi connectivity index (χ3n) is 11.6. The zero-order valence-corrected chi connectivity index (χ0v) is 30.3. The number of aromatic nitrogens is 2. The zero-order chi connectivity index (χ0) is 35.1. The van der Waals surface area contributed by atoms with Gasteiger partial charge in [0.1, 0.15) is 0 Å². The molecule has 6 heteroatoms. The number of nitrogens with zero attached hydrogens (tertiary/aromatic N) is 4. The van der Waals surface area contributed by atoms with Gasteiger partial charge in [-0.1, -0.05) is 115 Å². The normalized spacial score (nSPS) is 17.5. The van der Waals surface area contributed by atoms with E-state index in [9.17, 15) is 4.79 Å². The van der Waals surface area contributed by atoms with Gasteiger partial charge in [0.05, 0.1) is 17.6 Å². The standard InChI is InChI=1S/C31H34N4O.C15H17N/c36-31-29-22-34(21-24-7-2-1-3-8-24)18-15-30(29)32-23-35(31)20-19-33-16-13-26(14-17-33)28-12-6-10-25-9-4-5-11-27(25)28;1-2-6-14-12(4-1)5-3-7-15(14)13-8-10-16-11-9-13/h1-12,23,26H,13-22H2;1-7,13,16H,8-11H2. The smallest absolute Gasteiger partial charge is 0.258 e. The van der Waals surface area contributed by atoms with Crippen LogP contribution in [0.5, 0.6) is 0 Å². The summed E-state index contributed by atoms with van der Waals surface area (Å²) in [5, 5.41) is 8.98. The van der Waals surface area contributed by atoms with E-state index >= 15 is 0 Å². The van der Waals surface area contributed by atoms with Gasteiger partial charge in [0.25, 0.3) is 5.56 Å². The average Bonchev–Trinajstić information content (AvgIpc) is 3.21. The molecule has 2 saturated heterocycles. The lowest BCUT2D eigenvalue weighted by Gasteiger charge is -2.33. The number of hydrogen-bond acceptors (Lipinski definition) is 5. The molecule has 1 aromatic heterocycles. The number of piperidine rings is 2. The van der Waals surface area contributed by atoms with Crippen LogP contribution in [0.1, 0.15) is 65.5 Å². The summed E-state index contributed by atoms with van der Waals surface area (Å²) in [7, 11) is 0. The number of nitrogens with one attached hydrogen (secondary N) is 1. The molecule has 4 heterocycles. The molecule has 0 spiro atoms. The highest BCUT2D eigenvalue weighted by atomic mass is 16.1. The Labute approximate surface area is 308 Å². The number of fused-ring (bicyclic) bond motifs is 3. The SMILES string of the molecule is O=c1c2c(ncn1CCN1CCC(c3cccc4ccccc34)CC1)CCN(Cc1ccccc1)C2.c1ccc2c(C3CCNCC3)cccc2c1. The predicted octanol–water partition coefficient (Wildman–Crippen LogP) is 8.14. The van der Waals surface area contributed by atoms with Crippen molar-refractivity contribution in [1.82, 2.24) is 24.7 Å². The first kappa shape index (κ1) is 34.5. The van der Waals surface area contributed by atoms with Crippen molar-refractivity contribution in [1.29, 1.82) is 0 Å². The molecule has 266 valence electrons. The topological polar surface area (TPSA) is 53.4 Å². The highest BCUT2D eigenvalue weighted by molar-refractivity contribution is 5.87. The molecule has 5 aromatic carbocycles. The van der Waals surface area contributed by atoms with Gasteiger partial charge in [-0.25, -0.2) is 4.98 Å². The van der Waals surface area contributed by atoms with Gasteiger partial charge in [0.2, 0.25) is 0 Å². The van der Waals surface area contributed by atoms with Gasteiger partial charge < -0.3 is 10.2 Å². The van der Waals surface area contributed by atoms with Crippen LogP contribution in [0.3, 0.4) is 0 Å². The lowest BCUT2D eigenvalue weighted by molar-refractivity contribution is 0.203. The number of hydrogen-bond donors (Lipinski definition) is 1. The molecule has 0 aliphatic carbocycles. The summed E-state index contributed by atoms with van der Waals surface area (Å²) in [6.45, 7) is 8.59. The van der Waals surface area contributed by atoms with Crippen LogP contribution in [-0.2, 0) is 26.1 Å². The van der Waals surface area contributed by atoms with E-state index in [1.807, 2.05) is 10.6 Å². The molecule has 0 saturated carbocycles. The van der Waals surface area contributed by atoms with Crippen molar-refractivity contribution in [3.63, 3.8) is 0 Å². The maximum absolute atomic E-state index is 13.3. The zero-order valence-electron chi connectivity index (χ0n) is 30.3. The van der Waals surface area contributed by atoms with E-state index in [0.29, 0.717) is 19.0 Å². The maximum atomic E-state index is 13.3. The minimum absolute atomic E-state index is 0.142. The molecule has 1 N–H and O–H groups in total. The van der Waals surface area contributed by atoms with Gasteiger partial charge in [-0.05, 0) is 102 Å². The van der Waals surface area contributed by atoms with Gasteiger partial charge in [-0.15, -0.1) is 0 Å². The molecule has 6 aromatic rings. The highest BCUT2D eigenvalue weighted by Gasteiger charge is 2.24. The van der Waals surface area contributed by atoms with Gasteiger partial charge in [-0.2, -0.15) is 0 Å². The minimum atomic E-state index is 0.142. The van der Waals surface area contributed by atoms with Crippen molar-refractivity contribution < 1.29 is 0 Å². The minimum Gasteiger partial charge on any atom is -0.317 e. The lowest BCUT2D eigenvalue weighted by Crippen LogP contribution is -2.40. The fourth-order valence-electron chi connectivity index (χ4n) is 8.71. The fourth-order valence-corrected chi connectivity index (χ4v) is 8.71.